The van der Waals surface area contributed by atoms with Crippen LogP contribution in [-0.4, -0.2) is 29.5 Å². The fourth-order valence-electron chi connectivity index (χ4n) is 3.12. The Balaban J connectivity index is 2.19. The molecule has 2 rings (SSSR count). The van der Waals surface area contributed by atoms with Crippen molar-refractivity contribution in [2.24, 2.45) is 5.73 Å². The third kappa shape index (κ3) is 3.71. The summed E-state index contributed by atoms with van der Waals surface area (Å²) in [5.74, 6) is 0.619. The van der Waals surface area contributed by atoms with Crippen molar-refractivity contribution >= 4 is 0 Å². The molecule has 1 aromatic heterocycles. The Morgan fingerprint density at radius 3 is 2.48 bits per heavy atom. The quantitative estimate of drug-likeness (QED) is 0.872. The van der Waals surface area contributed by atoms with Crippen LogP contribution in [0.5, 0.6) is 5.88 Å². The highest BCUT2D eigenvalue weighted by molar-refractivity contribution is 5.37. The van der Waals surface area contributed by atoms with Gasteiger partial charge >= 0.3 is 0 Å². The molecule has 5 heteroatoms. The van der Waals surface area contributed by atoms with E-state index in [9.17, 15) is 0 Å². The number of rotatable bonds is 6. The molecule has 0 spiro atoms. The first-order valence-electron chi connectivity index (χ1n) is 8.00. The molecule has 0 aliphatic heterocycles. The van der Waals surface area contributed by atoms with E-state index in [0.29, 0.717) is 18.5 Å². The van der Waals surface area contributed by atoms with Crippen LogP contribution >= 0.6 is 0 Å². The molecule has 1 aliphatic rings. The smallest absolute Gasteiger partial charge is 0.238 e. The van der Waals surface area contributed by atoms with E-state index in [4.69, 9.17) is 15.2 Å². The van der Waals surface area contributed by atoms with Gasteiger partial charge in [0.25, 0.3) is 0 Å². The van der Waals surface area contributed by atoms with Gasteiger partial charge < -0.3 is 15.2 Å². The van der Waals surface area contributed by atoms with E-state index in [-0.39, 0.29) is 6.10 Å². The monoisotopic (exact) mass is 293 g/mol. The maximum absolute atomic E-state index is 6.12. The summed E-state index contributed by atoms with van der Waals surface area (Å²) in [6, 6.07) is 0. The van der Waals surface area contributed by atoms with E-state index >= 15 is 0 Å². The molecule has 2 N–H and O–H groups in total. The summed E-state index contributed by atoms with van der Waals surface area (Å²) in [5, 5.41) is 8.60. The minimum Gasteiger partial charge on any atom is -0.473 e. The van der Waals surface area contributed by atoms with Crippen LogP contribution in [0, 0.1) is 0 Å². The van der Waals surface area contributed by atoms with Crippen molar-refractivity contribution in [3.63, 3.8) is 0 Å². The molecule has 1 saturated carbocycles. The van der Waals surface area contributed by atoms with E-state index < -0.39 is 0 Å². The van der Waals surface area contributed by atoms with Crippen LogP contribution < -0.4 is 10.5 Å². The average Bonchev–Trinajstić information content (AvgIpc) is 2.54. The predicted octanol–water partition coefficient (Wildman–Crippen LogP) is 2.40. The predicted molar refractivity (Wildman–Crippen MR) is 82.4 cm³/mol. The summed E-state index contributed by atoms with van der Waals surface area (Å²) >= 11 is 0. The molecular weight excluding hydrogens is 266 g/mol. The van der Waals surface area contributed by atoms with Gasteiger partial charge in [0.15, 0.2) is 0 Å². The van der Waals surface area contributed by atoms with Gasteiger partial charge in [0.1, 0.15) is 6.10 Å². The largest absolute Gasteiger partial charge is 0.473 e. The molecule has 2 unspecified atom stereocenters. The van der Waals surface area contributed by atoms with Gasteiger partial charge in [-0.15, -0.1) is 5.10 Å². The van der Waals surface area contributed by atoms with Crippen LogP contribution in [0.3, 0.4) is 0 Å². The van der Waals surface area contributed by atoms with Gasteiger partial charge in [0, 0.05) is 25.6 Å². The third-order valence-corrected chi connectivity index (χ3v) is 4.31. The highest BCUT2D eigenvalue weighted by Gasteiger charge is 2.25. The molecule has 1 heterocycles. The van der Waals surface area contributed by atoms with E-state index in [1.54, 1.807) is 7.11 Å². The summed E-state index contributed by atoms with van der Waals surface area (Å²) < 4.78 is 11.6. The van der Waals surface area contributed by atoms with Crippen molar-refractivity contribution in [3.05, 3.63) is 16.8 Å². The molecule has 0 amide bonds. The highest BCUT2D eigenvalue weighted by Crippen LogP contribution is 2.28. The molecule has 0 saturated heterocycles. The first kappa shape index (κ1) is 16.2. The zero-order valence-corrected chi connectivity index (χ0v) is 13.4. The van der Waals surface area contributed by atoms with Gasteiger partial charge in [-0.25, -0.2) is 0 Å². The van der Waals surface area contributed by atoms with Gasteiger partial charge in [-0.2, -0.15) is 5.10 Å². The summed E-state index contributed by atoms with van der Waals surface area (Å²) in [4.78, 5) is 0. The molecular formula is C16H27N3O2. The fourth-order valence-corrected chi connectivity index (χ4v) is 3.12. The summed E-state index contributed by atoms with van der Waals surface area (Å²) in [7, 11) is 1.77. The van der Waals surface area contributed by atoms with Crippen molar-refractivity contribution in [1.29, 1.82) is 0 Å². The average molecular weight is 293 g/mol. The lowest BCUT2D eigenvalue weighted by Gasteiger charge is -2.29. The third-order valence-electron chi connectivity index (χ3n) is 4.31. The van der Waals surface area contributed by atoms with Gasteiger partial charge in [0.05, 0.1) is 11.8 Å². The Kier molecular flexibility index (Phi) is 5.94. The molecule has 1 fully saturated rings. The Morgan fingerprint density at radius 2 is 1.86 bits per heavy atom. The van der Waals surface area contributed by atoms with Gasteiger partial charge in [-0.05, 0) is 37.7 Å². The molecule has 0 aromatic carbocycles. The Hall–Kier alpha value is -1.20. The Bertz CT molecular complexity index is 465. The lowest BCUT2D eigenvalue weighted by Crippen LogP contribution is -2.30. The van der Waals surface area contributed by atoms with Crippen LogP contribution in [0.4, 0.5) is 0 Å². The number of nitrogens with zero attached hydrogens (tertiary/aromatic N) is 2. The van der Waals surface area contributed by atoms with Crippen LogP contribution in [0.1, 0.15) is 56.4 Å². The number of nitrogens with two attached hydrogens (primary N) is 1. The standard InChI is InChI=1S/C16H27N3O2/c1-4-13-14(10-17)16(19-18-15(13)5-2)21-12-8-6-7-11(9-12)20-3/h11-12H,4-10,17H2,1-3H3. The number of ether oxygens (including phenoxy) is 2. The fraction of sp³-hybridized carbons (Fsp3) is 0.750. The molecule has 118 valence electrons. The number of aryl methyl sites for hydroxylation is 1. The molecule has 1 aromatic rings. The number of hydrogen-bond acceptors (Lipinski definition) is 5. The van der Waals surface area contributed by atoms with Crippen LogP contribution in [0.2, 0.25) is 0 Å². The number of aromatic nitrogens is 2. The van der Waals surface area contributed by atoms with Crippen molar-refractivity contribution in [1.82, 2.24) is 10.2 Å². The van der Waals surface area contributed by atoms with Crippen molar-refractivity contribution in [2.45, 2.75) is 71.1 Å². The van der Waals surface area contributed by atoms with Crippen molar-refractivity contribution < 1.29 is 9.47 Å². The summed E-state index contributed by atoms with van der Waals surface area (Å²) in [6.07, 6.45) is 6.43. The molecule has 0 radical (unpaired) electrons. The molecule has 5 nitrogen and oxygen atoms in total. The molecule has 2 atom stereocenters. The van der Waals surface area contributed by atoms with Crippen molar-refractivity contribution in [3.8, 4) is 5.88 Å². The zero-order chi connectivity index (χ0) is 15.2. The van der Waals surface area contributed by atoms with Gasteiger partial charge in [0.2, 0.25) is 5.88 Å². The van der Waals surface area contributed by atoms with Crippen molar-refractivity contribution in [2.75, 3.05) is 7.11 Å². The van der Waals surface area contributed by atoms with Crippen LogP contribution in [0.15, 0.2) is 0 Å². The summed E-state index contributed by atoms with van der Waals surface area (Å²) in [6.45, 7) is 4.66. The normalized spacial score (nSPS) is 22.3. The SMILES string of the molecule is CCc1nnc(OC2CCCC(OC)C2)c(CN)c1CC. The van der Waals surface area contributed by atoms with E-state index in [1.165, 1.54) is 5.56 Å². The molecule has 21 heavy (non-hydrogen) atoms. The van der Waals surface area contributed by atoms with Crippen LogP contribution in [-0.2, 0) is 24.1 Å². The number of hydrogen-bond donors (Lipinski definition) is 1. The molecule has 1 aliphatic carbocycles. The first-order chi connectivity index (χ1) is 10.2. The van der Waals surface area contributed by atoms with E-state index in [1.807, 2.05) is 0 Å². The summed E-state index contributed by atoms with van der Waals surface area (Å²) in [5.41, 5.74) is 9.18. The van der Waals surface area contributed by atoms with Gasteiger partial charge in [-0.1, -0.05) is 13.8 Å². The minimum absolute atomic E-state index is 0.153. The Labute approximate surface area is 127 Å². The maximum atomic E-state index is 6.12. The van der Waals surface area contributed by atoms with E-state index in [2.05, 4.69) is 24.0 Å². The maximum Gasteiger partial charge on any atom is 0.238 e. The van der Waals surface area contributed by atoms with Gasteiger partial charge in [-0.3, -0.25) is 0 Å². The van der Waals surface area contributed by atoms with Crippen LogP contribution in [0.25, 0.3) is 0 Å². The second kappa shape index (κ2) is 7.71. The second-order valence-corrected chi connectivity index (χ2v) is 5.58. The Morgan fingerprint density at radius 1 is 1.10 bits per heavy atom. The zero-order valence-electron chi connectivity index (χ0n) is 13.4. The second-order valence-electron chi connectivity index (χ2n) is 5.58. The first-order valence-corrected chi connectivity index (χ1v) is 8.00. The van der Waals surface area contributed by atoms with E-state index in [0.717, 1.165) is 49.8 Å². The lowest BCUT2D eigenvalue weighted by molar-refractivity contribution is 0.0188. The minimum atomic E-state index is 0.153. The molecule has 0 bridgehead atoms. The lowest BCUT2D eigenvalue weighted by atomic mass is 9.95. The number of methoxy groups -OCH3 is 1. The topological polar surface area (TPSA) is 70.3 Å². The highest BCUT2D eigenvalue weighted by atomic mass is 16.5.